The predicted molar refractivity (Wildman–Crippen MR) is 81.8 cm³/mol. The van der Waals surface area contributed by atoms with Crippen LogP contribution in [0, 0.1) is 0 Å². The van der Waals surface area contributed by atoms with Gasteiger partial charge in [0.25, 0.3) is 0 Å². The average Bonchev–Trinajstić information content (AvgIpc) is 2.59. The maximum atomic E-state index is 11.2. The highest BCUT2D eigenvalue weighted by Gasteiger charge is 2.58. The molecule has 0 spiro atoms. The molecule has 0 aliphatic carbocycles. The number of hydrogen-bond acceptors (Lipinski definition) is 4. The van der Waals surface area contributed by atoms with Crippen molar-refractivity contribution in [1.82, 2.24) is 9.80 Å². The minimum Gasteiger partial charge on any atom is -0.480 e. The van der Waals surface area contributed by atoms with E-state index in [0.29, 0.717) is 6.42 Å². The Labute approximate surface area is 125 Å². The Morgan fingerprint density at radius 2 is 1.85 bits per heavy atom. The minimum atomic E-state index is -0.895. The van der Waals surface area contributed by atoms with Gasteiger partial charge in [-0.3, -0.25) is 4.79 Å². The zero-order valence-electron chi connectivity index (χ0n) is 13.0. The summed E-state index contributed by atoms with van der Waals surface area (Å²) in [4.78, 5) is 26.0. The van der Waals surface area contributed by atoms with E-state index in [1.165, 1.54) is 24.5 Å². The SMILES string of the molecule is CC1(C)S[C@@H]2CC(=O)N2[C@H]1C(=O)O.CCN(CC)CC. The molecule has 0 aromatic carbocycles. The number of carbonyl (C=O) groups is 2. The van der Waals surface area contributed by atoms with E-state index in [-0.39, 0.29) is 16.0 Å². The van der Waals surface area contributed by atoms with Gasteiger partial charge >= 0.3 is 5.97 Å². The molecule has 2 rings (SSSR count). The Hall–Kier alpha value is -0.750. The van der Waals surface area contributed by atoms with Gasteiger partial charge in [-0.25, -0.2) is 4.79 Å². The third-order valence-corrected chi connectivity index (χ3v) is 5.40. The molecule has 2 heterocycles. The van der Waals surface area contributed by atoms with Gasteiger partial charge in [0.2, 0.25) is 5.91 Å². The van der Waals surface area contributed by atoms with E-state index in [0.717, 1.165) is 0 Å². The Balaban J connectivity index is 0.000000246. The number of carboxylic acid groups (broad SMARTS) is 1. The first kappa shape index (κ1) is 17.3. The van der Waals surface area contributed by atoms with Crippen molar-refractivity contribution in [2.75, 3.05) is 19.6 Å². The lowest BCUT2D eigenvalue weighted by Gasteiger charge is -2.36. The molecular weight excluding hydrogens is 276 g/mol. The smallest absolute Gasteiger partial charge is 0.327 e. The first-order valence-corrected chi connectivity index (χ1v) is 8.10. The lowest BCUT2D eigenvalue weighted by Crippen LogP contribution is -2.56. The summed E-state index contributed by atoms with van der Waals surface area (Å²) in [6.45, 7) is 13.9. The second-order valence-electron chi connectivity index (χ2n) is 5.54. The molecule has 0 aromatic heterocycles. The van der Waals surface area contributed by atoms with Gasteiger partial charge in [-0.1, -0.05) is 20.8 Å². The second kappa shape index (κ2) is 6.80. The molecule has 2 fully saturated rings. The van der Waals surface area contributed by atoms with Crippen molar-refractivity contribution in [3.8, 4) is 0 Å². The highest BCUT2D eigenvalue weighted by Crippen LogP contribution is 2.50. The summed E-state index contributed by atoms with van der Waals surface area (Å²) in [5, 5.41) is 9.08. The molecule has 0 unspecified atom stereocenters. The van der Waals surface area contributed by atoms with Gasteiger partial charge in [-0.05, 0) is 33.5 Å². The van der Waals surface area contributed by atoms with Crippen LogP contribution in [0.4, 0.5) is 0 Å². The third-order valence-electron chi connectivity index (χ3n) is 3.90. The molecule has 0 bridgehead atoms. The monoisotopic (exact) mass is 302 g/mol. The van der Waals surface area contributed by atoms with Crippen molar-refractivity contribution >= 4 is 23.6 Å². The van der Waals surface area contributed by atoms with Gasteiger partial charge in [0.05, 0.1) is 11.8 Å². The van der Waals surface area contributed by atoms with Crippen molar-refractivity contribution in [2.24, 2.45) is 0 Å². The van der Waals surface area contributed by atoms with Gasteiger partial charge < -0.3 is 14.9 Å². The summed E-state index contributed by atoms with van der Waals surface area (Å²) in [6.07, 6.45) is 0.498. The molecule has 0 radical (unpaired) electrons. The quantitative estimate of drug-likeness (QED) is 0.803. The van der Waals surface area contributed by atoms with Crippen LogP contribution in [-0.2, 0) is 9.59 Å². The van der Waals surface area contributed by atoms with Crippen molar-refractivity contribution in [2.45, 2.75) is 57.2 Å². The minimum absolute atomic E-state index is 0.0320. The summed E-state index contributed by atoms with van der Waals surface area (Å²) >= 11 is 1.58. The number of aliphatic carboxylic acids is 1. The van der Waals surface area contributed by atoms with Crippen LogP contribution in [-0.4, -0.2) is 62.6 Å². The topological polar surface area (TPSA) is 60.9 Å². The largest absolute Gasteiger partial charge is 0.480 e. The van der Waals surface area contributed by atoms with E-state index in [1.54, 1.807) is 11.8 Å². The number of hydrogen-bond donors (Lipinski definition) is 1. The van der Waals surface area contributed by atoms with Crippen LogP contribution < -0.4 is 0 Å². The van der Waals surface area contributed by atoms with E-state index in [2.05, 4.69) is 25.7 Å². The summed E-state index contributed by atoms with van der Waals surface area (Å²) in [5.41, 5.74) is 0. The molecule has 0 aromatic rings. The van der Waals surface area contributed by atoms with Crippen LogP contribution in [0.15, 0.2) is 0 Å². The molecule has 2 atom stereocenters. The van der Waals surface area contributed by atoms with Crippen LogP contribution in [0.5, 0.6) is 0 Å². The molecule has 20 heavy (non-hydrogen) atoms. The lowest BCUT2D eigenvalue weighted by atomic mass is 9.98. The van der Waals surface area contributed by atoms with Crippen molar-refractivity contribution in [1.29, 1.82) is 0 Å². The number of fused-ring (bicyclic) bond motifs is 1. The molecule has 2 aliphatic heterocycles. The highest BCUT2D eigenvalue weighted by molar-refractivity contribution is 8.01. The fourth-order valence-electron chi connectivity index (χ4n) is 2.65. The highest BCUT2D eigenvalue weighted by atomic mass is 32.2. The Morgan fingerprint density at radius 1 is 1.35 bits per heavy atom. The maximum Gasteiger partial charge on any atom is 0.327 e. The zero-order valence-corrected chi connectivity index (χ0v) is 13.9. The summed E-state index contributed by atoms with van der Waals surface area (Å²) < 4.78 is -0.358. The number of thioether (sulfide) groups is 1. The number of nitrogens with zero attached hydrogens (tertiary/aromatic N) is 2. The Bertz CT molecular complexity index is 364. The molecule has 116 valence electrons. The number of β-lactam (4-membered cyclic amide) rings is 1. The first-order valence-electron chi connectivity index (χ1n) is 7.22. The Kier molecular flexibility index (Phi) is 5.89. The van der Waals surface area contributed by atoms with Gasteiger partial charge in [0, 0.05) is 4.75 Å². The fraction of sp³-hybridized carbons (Fsp3) is 0.857. The van der Waals surface area contributed by atoms with Gasteiger partial charge in [0.15, 0.2) is 0 Å². The molecule has 1 amide bonds. The van der Waals surface area contributed by atoms with Crippen LogP contribution >= 0.6 is 11.8 Å². The average molecular weight is 302 g/mol. The van der Waals surface area contributed by atoms with Crippen molar-refractivity contribution < 1.29 is 14.7 Å². The molecule has 6 heteroatoms. The summed E-state index contributed by atoms with van der Waals surface area (Å²) in [6, 6.07) is -0.649. The molecule has 0 saturated carbocycles. The van der Waals surface area contributed by atoms with E-state index in [4.69, 9.17) is 5.11 Å². The number of amides is 1. The zero-order chi connectivity index (χ0) is 15.5. The molecule has 5 nitrogen and oxygen atoms in total. The fourth-order valence-corrected chi connectivity index (χ4v) is 4.27. The normalized spacial score (nSPS) is 26.7. The van der Waals surface area contributed by atoms with E-state index < -0.39 is 12.0 Å². The van der Waals surface area contributed by atoms with E-state index >= 15 is 0 Å². The van der Waals surface area contributed by atoms with Crippen molar-refractivity contribution in [3.05, 3.63) is 0 Å². The van der Waals surface area contributed by atoms with Crippen LogP contribution in [0.2, 0.25) is 0 Å². The van der Waals surface area contributed by atoms with Crippen molar-refractivity contribution in [3.63, 3.8) is 0 Å². The lowest BCUT2D eigenvalue weighted by molar-refractivity contribution is -0.157. The standard InChI is InChI=1S/C8H11NO3S.C6H15N/c1-8(2)6(7(11)12)9-4(10)3-5(9)13-8;1-4-7(5-2)6-3/h5-6H,3H2,1-2H3,(H,11,12);4-6H2,1-3H3/t5-,6+;/m1./s1. The second-order valence-corrected chi connectivity index (χ2v) is 7.37. The van der Waals surface area contributed by atoms with E-state index in [9.17, 15) is 9.59 Å². The molecule has 2 aliphatic rings. The van der Waals surface area contributed by atoms with Crippen LogP contribution in [0.3, 0.4) is 0 Å². The third kappa shape index (κ3) is 3.47. The predicted octanol–water partition coefficient (Wildman–Crippen LogP) is 1.87. The van der Waals surface area contributed by atoms with Gasteiger partial charge in [-0.2, -0.15) is 0 Å². The summed E-state index contributed by atoms with van der Waals surface area (Å²) in [5.74, 6) is -0.927. The van der Waals surface area contributed by atoms with Crippen LogP contribution in [0.1, 0.15) is 41.0 Å². The summed E-state index contributed by atoms with van der Waals surface area (Å²) in [7, 11) is 0. The number of carbonyl (C=O) groups excluding carboxylic acids is 1. The van der Waals surface area contributed by atoms with Gasteiger partial charge in [0.1, 0.15) is 6.04 Å². The first-order chi connectivity index (χ1) is 9.28. The van der Waals surface area contributed by atoms with E-state index in [1.807, 2.05) is 13.8 Å². The van der Waals surface area contributed by atoms with Gasteiger partial charge in [-0.15, -0.1) is 11.8 Å². The number of rotatable bonds is 4. The van der Waals surface area contributed by atoms with Crippen LogP contribution in [0.25, 0.3) is 0 Å². The molecular formula is C14H26N2O3S. The molecule has 1 N–H and O–H groups in total. The maximum absolute atomic E-state index is 11.2. The number of carboxylic acids is 1. The Morgan fingerprint density at radius 3 is 2.10 bits per heavy atom. The molecule has 2 saturated heterocycles.